The fourth-order valence-corrected chi connectivity index (χ4v) is 3.86. The SMILES string of the molecule is Cc1cccc(C)c1NC(=O)CN1CCN(C(=O)CNC(C)c2ccc(F)cc2F)CC1. The van der Waals surface area contributed by atoms with Crippen molar-refractivity contribution in [2.24, 2.45) is 0 Å². The zero-order valence-electron chi connectivity index (χ0n) is 18.8. The summed E-state index contributed by atoms with van der Waals surface area (Å²) < 4.78 is 27.0. The van der Waals surface area contributed by atoms with Gasteiger partial charge in [-0.3, -0.25) is 14.5 Å². The van der Waals surface area contributed by atoms with Crippen molar-refractivity contribution in [1.82, 2.24) is 15.1 Å². The van der Waals surface area contributed by atoms with Crippen molar-refractivity contribution >= 4 is 17.5 Å². The molecule has 2 N–H and O–H groups in total. The standard InChI is InChI=1S/C24H30F2N4O2/c1-16-5-4-6-17(2)24(16)28-22(31)15-29-9-11-30(12-10-29)23(32)14-27-18(3)20-8-7-19(25)13-21(20)26/h4-8,13,18,27H,9-12,14-15H2,1-3H3,(H,28,31). The van der Waals surface area contributed by atoms with Crippen LogP contribution in [0.15, 0.2) is 36.4 Å². The molecule has 2 aromatic carbocycles. The van der Waals surface area contributed by atoms with Gasteiger partial charge in [-0.1, -0.05) is 24.3 Å². The van der Waals surface area contributed by atoms with E-state index < -0.39 is 17.7 Å². The first kappa shape index (κ1) is 23.8. The number of rotatable bonds is 7. The van der Waals surface area contributed by atoms with E-state index in [1.165, 1.54) is 12.1 Å². The quantitative estimate of drug-likeness (QED) is 0.689. The summed E-state index contributed by atoms with van der Waals surface area (Å²) in [6.07, 6.45) is 0. The number of piperazine rings is 1. The van der Waals surface area contributed by atoms with Crippen molar-refractivity contribution in [1.29, 1.82) is 0 Å². The maximum atomic E-state index is 13.9. The van der Waals surface area contributed by atoms with Crippen LogP contribution in [0.1, 0.15) is 29.7 Å². The first-order valence-electron chi connectivity index (χ1n) is 10.8. The molecule has 0 saturated carbocycles. The molecule has 0 bridgehead atoms. The summed E-state index contributed by atoms with van der Waals surface area (Å²) in [7, 11) is 0. The van der Waals surface area contributed by atoms with E-state index >= 15 is 0 Å². The van der Waals surface area contributed by atoms with Crippen LogP contribution in [0.5, 0.6) is 0 Å². The van der Waals surface area contributed by atoms with Gasteiger partial charge in [0, 0.05) is 49.5 Å². The molecule has 6 nitrogen and oxygen atoms in total. The van der Waals surface area contributed by atoms with Crippen LogP contribution < -0.4 is 10.6 Å². The summed E-state index contributed by atoms with van der Waals surface area (Å²) in [5.41, 5.74) is 3.22. The number of anilines is 1. The topological polar surface area (TPSA) is 64.7 Å². The lowest BCUT2D eigenvalue weighted by atomic mass is 10.1. The maximum Gasteiger partial charge on any atom is 0.238 e. The van der Waals surface area contributed by atoms with Crippen LogP contribution in [0.3, 0.4) is 0 Å². The maximum absolute atomic E-state index is 13.9. The summed E-state index contributed by atoms with van der Waals surface area (Å²) >= 11 is 0. The van der Waals surface area contributed by atoms with Crippen LogP contribution in [-0.4, -0.2) is 60.9 Å². The van der Waals surface area contributed by atoms with E-state index in [0.717, 1.165) is 22.9 Å². The number of nitrogens with one attached hydrogen (secondary N) is 2. The molecule has 0 radical (unpaired) electrons. The molecule has 1 unspecified atom stereocenters. The average molecular weight is 445 g/mol. The highest BCUT2D eigenvalue weighted by atomic mass is 19.1. The molecular formula is C24H30F2N4O2. The van der Waals surface area contributed by atoms with Gasteiger partial charge in [-0.25, -0.2) is 8.78 Å². The molecule has 1 atom stereocenters. The summed E-state index contributed by atoms with van der Waals surface area (Å²) in [6.45, 7) is 8.25. The largest absolute Gasteiger partial charge is 0.339 e. The number of carbonyl (C=O) groups is 2. The molecule has 0 aliphatic carbocycles. The fraction of sp³-hybridized carbons (Fsp3) is 0.417. The highest BCUT2D eigenvalue weighted by Crippen LogP contribution is 2.20. The van der Waals surface area contributed by atoms with Crippen molar-refractivity contribution in [3.05, 3.63) is 64.7 Å². The van der Waals surface area contributed by atoms with Gasteiger partial charge in [0.05, 0.1) is 13.1 Å². The number of amides is 2. The van der Waals surface area contributed by atoms with Crippen molar-refractivity contribution in [2.45, 2.75) is 26.8 Å². The third-order valence-corrected chi connectivity index (χ3v) is 5.83. The van der Waals surface area contributed by atoms with E-state index in [2.05, 4.69) is 10.6 Å². The molecule has 0 aromatic heterocycles. The predicted molar refractivity (Wildman–Crippen MR) is 120 cm³/mol. The summed E-state index contributed by atoms with van der Waals surface area (Å²) in [5, 5.41) is 6.00. The molecule has 1 heterocycles. The lowest BCUT2D eigenvalue weighted by molar-refractivity contribution is -0.132. The second-order valence-electron chi connectivity index (χ2n) is 8.24. The normalized spacial score (nSPS) is 15.5. The number of hydrogen-bond donors (Lipinski definition) is 2. The number of carbonyl (C=O) groups excluding carboxylic acids is 2. The molecule has 172 valence electrons. The predicted octanol–water partition coefficient (Wildman–Crippen LogP) is 3.02. The highest BCUT2D eigenvalue weighted by molar-refractivity contribution is 5.93. The van der Waals surface area contributed by atoms with Crippen LogP contribution in [0.25, 0.3) is 0 Å². The van der Waals surface area contributed by atoms with Gasteiger partial charge in [0.1, 0.15) is 11.6 Å². The number of nitrogens with zero attached hydrogens (tertiary/aromatic N) is 2. The fourth-order valence-electron chi connectivity index (χ4n) is 3.86. The Balaban J connectivity index is 1.43. The lowest BCUT2D eigenvalue weighted by Crippen LogP contribution is -2.52. The summed E-state index contributed by atoms with van der Waals surface area (Å²) in [5.74, 6) is -1.42. The Kier molecular flexibility index (Phi) is 7.93. The van der Waals surface area contributed by atoms with Crippen molar-refractivity contribution in [3.8, 4) is 0 Å². The Labute approximate surface area is 187 Å². The van der Waals surface area contributed by atoms with Gasteiger partial charge < -0.3 is 15.5 Å². The molecule has 2 aromatic rings. The van der Waals surface area contributed by atoms with Gasteiger partial charge in [-0.2, -0.15) is 0 Å². The Bertz CT molecular complexity index is 954. The van der Waals surface area contributed by atoms with Gasteiger partial charge in [0.2, 0.25) is 11.8 Å². The molecule has 32 heavy (non-hydrogen) atoms. The van der Waals surface area contributed by atoms with E-state index in [9.17, 15) is 18.4 Å². The van der Waals surface area contributed by atoms with E-state index in [1.54, 1.807) is 11.8 Å². The average Bonchev–Trinajstić information content (AvgIpc) is 2.75. The van der Waals surface area contributed by atoms with E-state index in [1.807, 2.05) is 36.9 Å². The van der Waals surface area contributed by atoms with Crippen LogP contribution in [0, 0.1) is 25.5 Å². The Morgan fingerprint density at radius 2 is 1.69 bits per heavy atom. The van der Waals surface area contributed by atoms with Gasteiger partial charge >= 0.3 is 0 Å². The molecule has 1 fully saturated rings. The third kappa shape index (κ3) is 6.11. The van der Waals surface area contributed by atoms with E-state index in [4.69, 9.17) is 0 Å². The highest BCUT2D eigenvalue weighted by Gasteiger charge is 2.23. The minimum Gasteiger partial charge on any atom is -0.339 e. The number of aryl methyl sites for hydroxylation is 2. The minimum absolute atomic E-state index is 0.0605. The minimum atomic E-state index is -0.634. The van der Waals surface area contributed by atoms with Crippen LogP contribution in [0.4, 0.5) is 14.5 Å². The van der Waals surface area contributed by atoms with Crippen LogP contribution >= 0.6 is 0 Å². The molecule has 1 aliphatic heterocycles. The molecule has 1 aliphatic rings. The molecular weight excluding hydrogens is 414 g/mol. The summed E-state index contributed by atoms with van der Waals surface area (Å²) in [6, 6.07) is 8.89. The Hall–Kier alpha value is -2.84. The third-order valence-electron chi connectivity index (χ3n) is 5.83. The summed E-state index contributed by atoms with van der Waals surface area (Å²) in [4.78, 5) is 28.8. The molecule has 1 saturated heterocycles. The first-order chi connectivity index (χ1) is 15.2. The Morgan fingerprint density at radius 1 is 1.03 bits per heavy atom. The second kappa shape index (κ2) is 10.7. The zero-order valence-corrected chi connectivity index (χ0v) is 18.8. The monoisotopic (exact) mass is 444 g/mol. The van der Waals surface area contributed by atoms with Crippen LogP contribution in [0.2, 0.25) is 0 Å². The molecule has 3 rings (SSSR count). The van der Waals surface area contributed by atoms with Crippen molar-refractivity contribution < 1.29 is 18.4 Å². The van der Waals surface area contributed by atoms with Crippen LogP contribution in [-0.2, 0) is 9.59 Å². The first-order valence-corrected chi connectivity index (χ1v) is 10.8. The van der Waals surface area contributed by atoms with Gasteiger partial charge in [0.25, 0.3) is 0 Å². The van der Waals surface area contributed by atoms with E-state index in [-0.39, 0.29) is 24.9 Å². The molecule has 2 amide bonds. The smallest absolute Gasteiger partial charge is 0.238 e. The number of hydrogen-bond acceptors (Lipinski definition) is 4. The number of benzene rings is 2. The number of para-hydroxylation sites is 1. The van der Waals surface area contributed by atoms with Gasteiger partial charge in [-0.15, -0.1) is 0 Å². The number of halogens is 2. The van der Waals surface area contributed by atoms with Gasteiger partial charge in [0.15, 0.2) is 0 Å². The van der Waals surface area contributed by atoms with Crippen molar-refractivity contribution in [3.63, 3.8) is 0 Å². The van der Waals surface area contributed by atoms with Gasteiger partial charge in [-0.05, 0) is 38.0 Å². The lowest BCUT2D eigenvalue weighted by Gasteiger charge is -2.34. The van der Waals surface area contributed by atoms with E-state index in [0.29, 0.717) is 31.7 Å². The molecule has 0 spiro atoms. The Morgan fingerprint density at radius 3 is 2.31 bits per heavy atom. The van der Waals surface area contributed by atoms with Crippen molar-refractivity contribution in [2.75, 3.05) is 44.6 Å². The molecule has 8 heteroatoms. The second-order valence-corrected chi connectivity index (χ2v) is 8.24. The zero-order chi connectivity index (χ0) is 23.3.